The Morgan fingerprint density at radius 1 is 1.00 bits per heavy atom. The van der Waals surface area contributed by atoms with Gasteiger partial charge in [0.25, 0.3) is 0 Å². The maximum atomic E-state index is 13.5. The number of rotatable bonds is 4. The number of aromatic nitrogens is 2. The number of carbonyl (C=O) groups excluding carboxylic acids is 1. The van der Waals surface area contributed by atoms with E-state index in [1.807, 2.05) is 48.5 Å². The van der Waals surface area contributed by atoms with E-state index in [1.165, 1.54) is 4.90 Å². The molecular formula is C25H22F3N3O4. The number of alkyl halides is 3. The number of nitrogens with zero attached hydrogens (tertiary/aromatic N) is 3. The van der Waals surface area contributed by atoms with Crippen molar-refractivity contribution >= 4 is 12.1 Å². The van der Waals surface area contributed by atoms with Crippen LogP contribution < -0.4 is 0 Å². The zero-order chi connectivity index (χ0) is 24.7. The van der Waals surface area contributed by atoms with Gasteiger partial charge in [0.05, 0.1) is 12.2 Å². The van der Waals surface area contributed by atoms with Gasteiger partial charge in [0, 0.05) is 19.0 Å². The van der Waals surface area contributed by atoms with Crippen LogP contribution in [0, 0.1) is 0 Å². The number of carboxylic acid groups (broad SMARTS) is 1. The SMILES string of the molecule is O=C(O)c1cnn(C2CCN(C(=O)OCC3c4ccccc4-c4ccccc43)CC2)c1C(F)(F)F. The van der Waals surface area contributed by atoms with E-state index in [0.29, 0.717) is 0 Å². The van der Waals surface area contributed by atoms with Gasteiger partial charge < -0.3 is 14.7 Å². The van der Waals surface area contributed by atoms with Crippen LogP contribution in [0.15, 0.2) is 54.7 Å². The first-order valence-corrected chi connectivity index (χ1v) is 11.2. The molecule has 0 bridgehead atoms. The lowest BCUT2D eigenvalue weighted by molar-refractivity contribution is -0.145. The van der Waals surface area contributed by atoms with Crippen molar-refractivity contribution in [2.45, 2.75) is 31.0 Å². The van der Waals surface area contributed by atoms with Crippen LogP contribution in [0.3, 0.4) is 0 Å². The zero-order valence-electron chi connectivity index (χ0n) is 18.5. The minimum Gasteiger partial charge on any atom is -0.478 e. The van der Waals surface area contributed by atoms with Gasteiger partial charge in [0.15, 0.2) is 5.69 Å². The molecule has 1 N–H and O–H groups in total. The number of halogens is 3. The summed E-state index contributed by atoms with van der Waals surface area (Å²) in [5.74, 6) is -1.77. The Morgan fingerprint density at radius 2 is 1.57 bits per heavy atom. The topological polar surface area (TPSA) is 84.7 Å². The highest BCUT2D eigenvalue weighted by molar-refractivity contribution is 5.88. The van der Waals surface area contributed by atoms with Crippen molar-refractivity contribution in [1.82, 2.24) is 14.7 Å². The van der Waals surface area contributed by atoms with Crippen LogP contribution in [0.4, 0.5) is 18.0 Å². The van der Waals surface area contributed by atoms with Gasteiger partial charge in [-0.3, -0.25) is 4.68 Å². The Hall–Kier alpha value is -3.82. The molecule has 1 aliphatic carbocycles. The summed E-state index contributed by atoms with van der Waals surface area (Å²) in [6.45, 7) is 0.522. The van der Waals surface area contributed by atoms with E-state index in [1.54, 1.807) is 0 Å². The molecule has 1 saturated heterocycles. The van der Waals surface area contributed by atoms with Crippen LogP contribution in [0.5, 0.6) is 0 Å². The van der Waals surface area contributed by atoms with Crippen molar-refractivity contribution in [1.29, 1.82) is 0 Å². The average molecular weight is 485 g/mol. The maximum absolute atomic E-state index is 13.5. The minimum atomic E-state index is -4.85. The second-order valence-corrected chi connectivity index (χ2v) is 8.68. The molecule has 0 saturated carbocycles. The Bertz CT molecular complexity index is 1230. The van der Waals surface area contributed by atoms with Gasteiger partial charge in [-0.1, -0.05) is 48.5 Å². The smallest absolute Gasteiger partial charge is 0.433 e. The third kappa shape index (κ3) is 4.13. The number of fused-ring (bicyclic) bond motifs is 3. The van der Waals surface area contributed by atoms with Gasteiger partial charge in [-0.15, -0.1) is 0 Å². The summed E-state index contributed by atoms with van der Waals surface area (Å²) >= 11 is 0. The van der Waals surface area contributed by atoms with Gasteiger partial charge in [0.1, 0.15) is 12.2 Å². The molecular weight excluding hydrogens is 463 g/mol. The van der Waals surface area contributed by atoms with E-state index in [9.17, 15) is 22.8 Å². The molecule has 1 amide bonds. The van der Waals surface area contributed by atoms with E-state index in [0.717, 1.165) is 33.1 Å². The molecule has 0 radical (unpaired) electrons. The Kier molecular flexibility index (Phi) is 5.74. The predicted octanol–water partition coefficient (Wildman–Crippen LogP) is 5.19. The van der Waals surface area contributed by atoms with Gasteiger partial charge in [-0.2, -0.15) is 18.3 Å². The highest BCUT2D eigenvalue weighted by atomic mass is 19.4. The van der Waals surface area contributed by atoms with E-state index < -0.39 is 35.5 Å². The van der Waals surface area contributed by atoms with E-state index in [4.69, 9.17) is 9.84 Å². The van der Waals surface area contributed by atoms with Crippen molar-refractivity contribution in [3.8, 4) is 11.1 Å². The van der Waals surface area contributed by atoms with Crippen LogP contribution >= 0.6 is 0 Å². The second-order valence-electron chi connectivity index (χ2n) is 8.68. The first kappa shape index (κ1) is 22.9. The van der Waals surface area contributed by atoms with Gasteiger partial charge in [0.2, 0.25) is 0 Å². The van der Waals surface area contributed by atoms with Crippen molar-refractivity contribution in [2.75, 3.05) is 19.7 Å². The molecule has 182 valence electrons. The lowest BCUT2D eigenvalue weighted by Crippen LogP contribution is -2.40. The van der Waals surface area contributed by atoms with E-state index in [-0.39, 0.29) is 38.5 Å². The lowest BCUT2D eigenvalue weighted by atomic mass is 9.98. The van der Waals surface area contributed by atoms with Crippen molar-refractivity contribution in [2.24, 2.45) is 0 Å². The number of ether oxygens (including phenoxy) is 1. The van der Waals surface area contributed by atoms with Gasteiger partial charge in [-0.25, -0.2) is 9.59 Å². The van der Waals surface area contributed by atoms with Gasteiger partial charge >= 0.3 is 18.2 Å². The van der Waals surface area contributed by atoms with Crippen LogP contribution in [0.1, 0.15) is 52.0 Å². The van der Waals surface area contributed by atoms with Crippen molar-refractivity contribution in [3.63, 3.8) is 0 Å². The minimum absolute atomic E-state index is 0.0863. The summed E-state index contributed by atoms with van der Waals surface area (Å²) in [7, 11) is 0. The molecule has 10 heteroatoms. The monoisotopic (exact) mass is 485 g/mol. The Balaban J connectivity index is 1.24. The second kappa shape index (κ2) is 8.75. The zero-order valence-corrected chi connectivity index (χ0v) is 18.5. The molecule has 0 atom stereocenters. The number of carbonyl (C=O) groups is 2. The molecule has 1 fully saturated rings. The number of piperidine rings is 1. The third-order valence-electron chi connectivity index (χ3n) is 6.70. The highest BCUT2D eigenvalue weighted by Crippen LogP contribution is 2.44. The normalized spacial score (nSPS) is 16.1. The molecule has 3 aromatic rings. The summed E-state index contributed by atoms with van der Waals surface area (Å²) in [5.41, 5.74) is 2.26. The number of aromatic carboxylic acids is 1. The fraction of sp³-hybridized carbons (Fsp3) is 0.320. The lowest BCUT2D eigenvalue weighted by Gasteiger charge is -2.32. The largest absolute Gasteiger partial charge is 0.478 e. The van der Waals surface area contributed by atoms with Crippen LogP contribution in [0.2, 0.25) is 0 Å². The molecule has 5 rings (SSSR count). The number of hydrogen-bond donors (Lipinski definition) is 1. The first-order valence-electron chi connectivity index (χ1n) is 11.2. The summed E-state index contributed by atoms with van der Waals surface area (Å²) < 4.78 is 46.9. The molecule has 2 aliphatic rings. The molecule has 1 aromatic heterocycles. The third-order valence-corrected chi connectivity index (χ3v) is 6.70. The fourth-order valence-electron chi connectivity index (χ4n) is 5.06. The number of amides is 1. The van der Waals surface area contributed by atoms with Crippen molar-refractivity contribution in [3.05, 3.63) is 77.1 Å². The summed E-state index contributed by atoms with van der Waals surface area (Å²) in [5, 5.41) is 12.8. The van der Waals surface area contributed by atoms with E-state index >= 15 is 0 Å². The number of likely N-dealkylation sites (tertiary alicyclic amines) is 1. The molecule has 0 spiro atoms. The van der Waals surface area contributed by atoms with Gasteiger partial charge in [-0.05, 0) is 35.1 Å². The standard InChI is InChI=1S/C25H22F3N3O4/c26-25(27,28)22-20(23(32)33)13-29-31(22)15-9-11-30(12-10-15)24(34)35-14-21-18-7-3-1-5-16(18)17-6-2-4-8-19(17)21/h1-8,13,15,21H,9-12,14H2,(H,32,33). The Morgan fingerprint density at radius 3 is 2.11 bits per heavy atom. The molecule has 2 aromatic carbocycles. The molecule has 0 unspecified atom stereocenters. The fourth-order valence-corrected chi connectivity index (χ4v) is 5.06. The number of benzene rings is 2. The summed E-state index contributed by atoms with van der Waals surface area (Å²) in [6, 6.07) is 15.3. The van der Waals surface area contributed by atoms with Crippen LogP contribution in [-0.2, 0) is 10.9 Å². The Labute approximate surface area is 198 Å². The molecule has 2 heterocycles. The molecule has 7 nitrogen and oxygen atoms in total. The maximum Gasteiger partial charge on any atom is 0.433 e. The molecule has 35 heavy (non-hydrogen) atoms. The molecule has 1 aliphatic heterocycles. The predicted molar refractivity (Wildman–Crippen MR) is 119 cm³/mol. The van der Waals surface area contributed by atoms with Crippen LogP contribution in [0.25, 0.3) is 11.1 Å². The average Bonchev–Trinajstić information content (AvgIpc) is 3.43. The summed E-state index contributed by atoms with van der Waals surface area (Å²) in [4.78, 5) is 25.5. The van der Waals surface area contributed by atoms with Crippen molar-refractivity contribution < 1.29 is 32.6 Å². The van der Waals surface area contributed by atoms with E-state index in [2.05, 4.69) is 5.10 Å². The summed E-state index contributed by atoms with van der Waals surface area (Å²) in [6.07, 6.45) is -4.24. The van der Waals surface area contributed by atoms with Crippen LogP contribution in [-0.4, -0.2) is 51.5 Å². The number of hydrogen-bond acceptors (Lipinski definition) is 4. The highest BCUT2D eigenvalue weighted by Gasteiger charge is 2.42. The quantitative estimate of drug-likeness (QED) is 0.550. The number of carboxylic acids is 1. The first-order chi connectivity index (χ1) is 16.8.